The average Bonchev–Trinajstić information content (AvgIpc) is 2.90. The van der Waals surface area contributed by atoms with Gasteiger partial charge in [-0.15, -0.1) is 0 Å². The van der Waals surface area contributed by atoms with Gasteiger partial charge in [-0.05, 0) is 42.0 Å². The van der Waals surface area contributed by atoms with Gasteiger partial charge in [-0.2, -0.15) is 8.78 Å². The molecule has 0 unspecified atom stereocenters. The first-order valence-electron chi connectivity index (χ1n) is 8.50. The monoisotopic (exact) mass is 414 g/mol. The van der Waals surface area contributed by atoms with Gasteiger partial charge in [-0.25, -0.2) is 0 Å². The van der Waals surface area contributed by atoms with Crippen molar-refractivity contribution in [2.75, 3.05) is 20.2 Å². The molecule has 1 fully saturated rings. The maximum absolute atomic E-state index is 12.4. The minimum Gasteiger partial charge on any atom is -0.493 e. The topological polar surface area (TPSA) is 84.9 Å². The molecule has 0 atom stereocenters. The molecule has 7 nitrogen and oxygen atoms in total. The summed E-state index contributed by atoms with van der Waals surface area (Å²) in [6, 6.07) is 4.19. The van der Waals surface area contributed by atoms with Gasteiger partial charge in [-0.1, -0.05) is 13.0 Å². The maximum atomic E-state index is 12.4. The fourth-order valence-electron chi connectivity index (χ4n) is 2.43. The molecule has 3 amide bonds. The highest BCUT2D eigenvalue weighted by atomic mass is 32.2. The Morgan fingerprint density at radius 3 is 2.71 bits per heavy atom. The van der Waals surface area contributed by atoms with Gasteiger partial charge in [0.15, 0.2) is 11.5 Å². The number of methoxy groups -OCH3 is 1. The molecule has 1 aliphatic heterocycles. The van der Waals surface area contributed by atoms with Crippen LogP contribution in [0.5, 0.6) is 11.5 Å². The Balaban J connectivity index is 2.07. The van der Waals surface area contributed by atoms with E-state index in [0.717, 1.165) is 16.7 Å². The molecule has 1 aliphatic rings. The Hall–Kier alpha value is -2.62. The third kappa shape index (κ3) is 5.69. The number of hydrogen-bond acceptors (Lipinski definition) is 6. The zero-order valence-corrected chi connectivity index (χ0v) is 16.2. The van der Waals surface area contributed by atoms with Crippen molar-refractivity contribution in [2.24, 2.45) is 0 Å². The number of nitrogens with zero attached hydrogens (tertiary/aromatic N) is 1. The average molecular weight is 414 g/mol. The Kier molecular flexibility index (Phi) is 7.80. The lowest BCUT2D eigenvalue weighted by molar-refractivity contribution is -0.124. The quantitative estimate of drug-likeness (QED) is 0.625. The summed E-state index contributed by atoms with van der Waals surface area (Å²) in [7, 11) is 1.30. The van der Waals surface area contributed by atoms with E-state index in [4.69, 9.17) is 4.74 Å². The molecule has 1 N–H and O–H groups in total. The van der Waals surface area contributed by atoms with Crippen molar-refractivity contribution >= 4 is 34.9 Å². The predicted octanol–water partition coefficient (Wildman–Crippen LogP) is 3.25. The van der Waals surface area contributed by atoms with Crippen LogP contribution in [-0.4, -0.2) is 48.8 Å². The summed E-state index contributed by atoms with van der Waals surface area (Å²) in [5, 5.41) is 2.21. The van der Waals surface area contributed by atoms with Gasteiger partial charge < -0.3 is 14.8 Å². The summed E-state index contributed by atoms with van der Waals surface area (Å²) in [4.78, 5) is 37.2. The second-order valence-electron chi connectivity index (χ2n) is 5.72. The number of thioether (sulfide) groups is 1. The van der Waals surface area contributed by atoms with Gasteiger partial charge in [0.2, 0.25) is 5.91 Å². The van der Waals surface area contributed by atoms with Crippen molar-refractivity contribution in [3.8, 4) is 11.5 Å². The van der Waals surface area contributed by atoms with Crippen LogP contribution >= 0.6 is 11.8 Å². The van der Waals surface area contributed by atoms with Gasteiger partial charge >= 0.3 is 6.61 Å². The highest BCUT2D eigenvalue weighted by Gasteiger charge is 2.34. The van der Waals surface area contributed by atoms with E-state index in [1.807, 2.05) is 6.92 Å². The van der Waals surface area contributed by atoms with Crippen LogP contribution in [0.4, 0.5) is 13.6 Å². The zero-order chi connectivity index (χ0) is 20.7. The molecular weight excluding hydrogens is 394 g/mol. The number of rotatable bonds is 9. The van der Waals surface area contributed by atoms with E-state index >= 15 is 0 Å². The van der Waals surface area contributed by atoms with E-state index in [2.05, 4.69) is 10.1 Å². The summed E-state index contributed by atoms with van der Waals surface area (Å²) < 4.78 is 34.1. The van der Waals surface area contributed by atoms with Crippen LogP contribution in [0, 0.1) is 0 Å². The van der Waals surface area contributed by atoms with Crippen LogP contribution < -0.4 is 14.8 Å². The van der Waals surface area contributed by atoms with E-state index in [1.165, 1.54) is 31.4 Å². The maximum Gasteiger partial charge on any atom is 0.387 e. The number of nitrogens with one attached hydrogen (secondary N) is 1. The smallest absolute Gasteiger partial charge is 0.387 e. The summed E-state index contributed by atoms with van der Waals surface area (Å²) in [5.74, 6) is -0.674. The zero-order valence-electron chi connectivity index (χ0n) is 15.4. The minimum absolute atomic E-state index is 0.0714. The number of halogens is 2. The summed E-state index contributed by atoms with van der Waals surface area (Å²) in [6.45, 7) is -0.865. The van der Waals surface area contributed by atoms with Crippen LogP contribution in [-0.2, 0) is 9.59 Å². The van der Waals surface area contributed by atoms with Crippen molar-refractivity contribution in [1.29, 1.82) is 0 Å². The van der Waals surface area contributed by atoms with E-state index < -0.39 is 17.8 Å². The number of amides is 3. The molecule has 0 radical (unpaired) electrons. The lowest BCUT2D eigenvalue weighted by atomic mass is 10.2. The van der Waals surface area contributed by atoms with E-state index in [0.29, 0.717) is 18.4 Å². The fraction of sp³-hybridized carbons (Fsp3) is 0.389. The Morgan fingerprint density at radius 2 is 2.07 bits per heavy atom. The van der Waals surface area contributed by atoms with Gasteiger partial charge in [0.25, 0.3) is 11.1 Å². The van der Waals surface area contributed by atoms with Crippen LogP contribution in [0.1, 0.15) is 25.3 Å². The normalized spacial score (nSPS) is 15.5. The van der Waals surface area contributed by atoms with Crippen LogP contribution in [0.15, 0.2) is 23.1 Å². The number of imide groups is 1. The molecule has 28 heavy (non-hydrogen) atoms. The molecule has 152 valence electrons. The second kappa shape index (κ2) is 10.1. The largest absolute Gasteiger partial charge is 0.493 e. The first-order chi connectivity index (χ1) is 13.3. The van der Waals surface area contributed by atoms with Crippen molar-refractivity contribution in [1.82, 2.24) is 10.2 Å². The third-order valence-corrected chi connectivity index (χ3v) is 4.62. The van der Waals surface area contributed by atoms with Gasteiger partial charge in [-0.3, -0.25) is 19.3 Å². The molecule has 1 aromatic carbocycles. The van der Waals surface area contributed by atoms with Crippen LogP contribution in [0.25, 0.3) is 6.08 Å². The lowest BCUT2D eigenvalue weighted by Gasteiger charge is -2.12. The third-order valence-electron chi connectivity index (χ3n) is 3.71. The van der Waals surface area contributed by atoms with E-state index in [-0.39, 0.29) is 35.4 Å². The number of hydrogen-bond donors (Lipinski definition) is 1. The number of carbonyl (C=O) groups excluding carboxylic acids is 3. The molecule has 10 heteroatoms. The van der Waals surface area contributed by atoms with Gasteiger partial charge in [0.1, 0.15) is 0 Å². The molecule has 0 saturated carbocycles. The lowest BCUT2D eigenvalue weighted by Crippen LogP contribution is -2.37. The molecule has 0 bridgehead atoms. The molecule has 0 aromatic heterocycles. The standard InChI is InChI=1S/C18H20F2N2O5S/c1-3-4-15(23)21-7-8-22-16(24)14(28-18(22)25)10-11-5-6-12(27-17(19)20)13(9-11)26-2/h5-6,9-10,17H,3-4,7-8H2,1-2H3,(H,21,23)/b14-10-. The molecule has 0 aliphatic carbocycles. The first kappa shape index (κ1) is 21.7. The summed E-state index contributed by atoms with van der Waals surface area (Å²) in [6.07, 6.45) is 2.56. The predicted molar refractivity (Wildman–Crippen MR) is 100 cm³/mol. The minimum atomic E-state index is -2.99. The number of carbonyl (C=O) groups is 3. The van der Waals surface area contributed by atoms with E-state index in [9.17, 15) is 23.2 Å². The van der Waals surface area contributed by atoms with Gasteiger partial charge in [0, 0.05) is 19.5 Å². The van der Waals surface area contributed by atoms with Crippen LogP contribution in [0.3, 0.4) is 0 Å². The second-order valence-corrected chi connectivity index (χ2v) is 6.72. The number of ether oxygens (including phenoxy) is 2. The molecule has 2 rings (SSSR count). The Bertz CT molecular complexity index is 785. The van der Waals surface area contributed by atoms with E-state index in [1.54, 1.807) is 0 Å². The highest BCUT2D eigenvalue weighted by molar-refractivity contribution is 8.18. The molecule has 0 spiro atoms. The number of benzene rings is 1. The summed E-state index contributed by atoms with van der Waals surface area (Å²) >= 11 is 0.768. The van der Waals surface area contributed by atoms with Crippen molar-refractivity contribution in [2.45, 2.75) is 26.4 Å². The molecular formula is C18H20F2N2O5S. The summed E-state index contributed by atoms with van der Waals surface area (Å²) in [5.41, 5.74) is 0.486. The number of alkyl halides is 2. The van der Waals surface area contributed by atoms with Crippen molar-refractivity contribution in [3.05, 3.63) is 28.7 Å². The fourth-order valence-corrected chi connectivity index (χ4v) is 3.30. The highest BCUT2D eigenvalue weighted by Crippen LogP contribution is 2.34. The Labute approximate surface area is 165 Å². The first-order valence-corrected chi connectivity index (χ1v) is 9.32. The molecule has 1 aromatic rings. The molecule has 1 heterocycles. The Morgan fingerprint density at radius 1 is 1.32 bits per heavy atom. The van der Waals surface area contributed by atoms with Crippen LogP contribution in [0.2, 0.25) is 0 Å². The molecule has 1 saturated heterocycles. The van der Waals surface area contributed by atoms with Crippen molar-refractivity contribution in [3.63, 3.8) is 0 Å². The SMILES string of the molecule is CCCC(=O)NCCN1C(=O)S/C(=C\c2ccc(OC(F)F)c(OC)c2)C1=O. The van der Waals surface area contributed by atoms with Gasteiger partial charge in [0.05, 0.1) is 12.0 Å². The van der Waals surface area contributed by atoms with Crippen molar-refractivity contribution < 1.29 is 32.6 Å².